The lowest BCUT2D eigenvalue weighted by molar-refractivity contribution is 0.0526. The van der Waals surface area contributed by atoms with Crippen molar-refractivity contribution < 1.29 is 18.7 Å². The molecule has 29 heavy (non-hydrogen) atoms. The van der Waals surface area contributed by atoms with Gasteiger partial charge in [-0.25, -0.2) is 13.9 Å². The Balaban J connectivity index is 1.62. The van der Waals surface area contributed by atoms with Gasteiger partial charge in [0.25, 0.3) is 5.91 Å². The summed E-state index contributed by atoms with van der Waals surface area (Å²) in [6.07, 6.45) is 2.51. The van der Waals surface area contributed by atoms with Crippen LogP contribution in [-0.2, 0) is 17.6 Å². The molecule has 3 aromatic rings. The largest absolute Gasteiger partial charge is 0.462 e. The standard InChI is InChI=1S/C22H20FN3O3/c1-2-29-22(28)14-5-3-6-16(13-14)24-21(27)20-18-7-4-8-19(18)26(25-20)17-11-9-15(23)10-12-17/h3,5-6,9-13H,2,4,7-8H2,1H3,(H,24,27). The van der Waals surface area contributed by atoms with E-state index in [0.717, 1.165) is 30.5 Å². The third-order valence-electron chi connectivity index (χ3n) is 4.85. The molecule has 0 spiro atoms. The fraction of sp³-hybridized carbons (Fsp3) is 0.227. The summed E-state index contributed by atoms with van der Waals surface area (Å²) in [4.78, 5) is 24.8. The number of fused-ring (bicyclic) bond motifs is 1. The number of carbonyl (C=O) groups is 2. The van der Waals surface area contributed by atoms with Crippen LogP contribution in [0.2, 0.25) is 0 Å². The van der Waals surface area contributed by atoms with Crippen LogP contribution in [0.4, 0.5) is 10.1 Å². The molecule has 0 bridgehead atoms. The number of aromatic nitrogens is 2. The van der Waals surface area contributed by atoms with Crippen molar-refractivity contribution in [3.63, 3.8) is 0 Å². The molecule has 0 saturated carbocycles. The van der Waals surface area contributed by atoms with Gasteiger partial charge in [0.15, 0.2) is 5.69 Å². The van der Waals surface area contributed by atoms with Gasteiger partial charge in [0.2, 0.25) is 0 Å². The maximum Gasteiger partial charge on any atom is 0.338 e. The van der Waals surface area contributed by atoms with Crippen LogP contribution in [0.3, 0.4) is 0 Å². The maximum absolute atomic E-state index is 13.3. The topological polar surface area (TPSA) is 73.2 Å². The SMILES string of the molecule is CCOC(=O)c1cccc(NC(=O)c2nn(-c3ccc(F)cc3)c3c2CCC3)c1. The van der Waals surface area contributed by atoms with Gasteiger partial charge in [0.1, 0.15) is 5.82 Å². The van der Waals surface area contributed by atoms with Crippen molar-refractivity contribution in [3.05, 3.63) is 76.9 Å². The average Bonchev–Trinajstić information content (AvgIpc) is 3.32. The molecule has 0 aliphatic heterocycles. The van der Waals surface area contributed by atoms with Crippen LogP contribution >= 0.6 is 0 Å². The highest BCUT2D eigenvalue weighted by Gasteiger charge is 2.27. The molecule has 1 aliphatic carbocycles. The molecule has 1 N–H and O–H groups in total. The molecule has 0 fully saturated rings. The zero-order valence-corrected chi connectivity index (χ0v) is 15.9. The summed E-state index contributed by atoms with van der Waals surface area (Å²) >= 11 is 0. The monoisotopic (exact) mass is 393 g/mol. The summed E-state index contributed by atoms with van der Waals surface area (Å²) in [5.74, 6) is -1.10. The lowest BCUT2D eigenvalue weighted by atomic mass is 10.1. The lowest BCUT2D eigenvalue weighted by Gasteiger charge is -2.07. The number of benzene rings is 2. The van der Waals surface area contributed by atoms with Crippen LogP contribution < -0.4 is 5.32 Å². The van der Waals surface area contributed by atoms with Gasteiger partial charge in [0.05, 0.1) is 17.9 Å². The first-order valence-corrected chi connectivity index (χ1v) is 9.52. The van der Waals surface area contributed by atoms with Crippen molar-refractivity contribution in [2.24, 2.45) is 0 Å². The second-order valence-electron chi connectivity index (χ2n) is 6.77. The van der Waals surface area contributed by atoms with Crippen molar-refractivity contribution in [3.8, 4) is 5.69 Å². The number of nitrogens with one attached hydrogen (secondary N) is 1. The van der Waals surface area contributed by atoms with Gasteiger partial charge < -0.3 is 10.1 Å². The predicted molar refractivity (Wildman–Crippen MR) is 106 cm³/mol. The summed E-state index contributed by atoms with van der Waals surface area (Å²) < 4.78 is 20.0. The van der Waals surface area contributed by atoms with Gasteiger partial charge in [-0.1, -0.05) is 6.07 Å². The number of halogens is 1. The molecule has 1 aliphatic rings. The van der Waals surface area contributed by atoms with E-state index in [9.17, 15) is 14.0 Å². The zero-order valence-electron chi connectivity index (χ0n) is 15.9. The normalized spacial score (nSPS) is 12.5. The third-order valence-corrected chi connectivity index (χ3v) is 4.85. The quantitative estimate of drug-likeness (QED) is 0.667. The number of ether oxygens (including phenoxy) is 1. The van der Waals surface area contributed by atoms with Gasteiger partial charge >= 0.3 is 5.97 Å². The Kier molecular flexibility index (Phi) is 5.12. The van der Waals surface area contributed by atoms with Crippen LogP contribution in [0.25, 0.3) is 5.69 Å². The highest BCUT2D eigenvalue weighted by atomic mass is 19.1. The molecule has 1 heterocycles. The number of hydrogen-bond donors (Lipinski definition) is 1. The number of esters is 1. The second-order valence-corrected chi connectivity index (χ2v) is 6.77. The van der Waals surface area contributed by atoms with Crippen LogP contribution in [0.5, 0.6) is 0 Å². The number of hydrogen-bond acceptors (Lipinski definition) is 4. The molecule has 0 unspecified atom stereocenters. The summed E-state index contributed by atoms with van der Waals surface area (Å²) in [5, 5.41) is 7.32. The molecule has 4 rings (SSSR count). The molecule has 6 nitrogen and oxygen atoms in total. The molecule has 1 aromatic heterocycles. The highest BCUT2D eigenvalue weighted by molar-refractivity contribution is 6.04. The number of carbonyl (C=O) groups excluding carboxylic acids is 2. The first-order chi connectivity index (χ1) is 14.1. The van der Waals surface area contributed by atoms with E-state index in [1.165, 1.54) is 12.1 Å². The molecule has 0 saturated heterocycles. The van der Waals surface area contributed by atoms with Crippen LogP contribution in [0.15, 0.2) is 48.5 Å². The molecule has 2 aromatic carbocycles. The van der Waals surface area contributed by atoms with E-state index >= 15 is 0 Å². The smallest absolute Gasteiger partial charge is 0.338 e. The number of anilines is 1. The Morgan fingerprint density at radius 3 is 2.72 bits per heavy atom. The third kappa shape index (κ3) is 3.76. The minimum atomic E-state index is -0.440. The summed E-state index contributed by atoms with van der Waals surface area (Å²) in [5.41, 5.74) is 3.81. The van der Waals surface area contributed by atoms with Gasteiger partial charge in [-0.05, 0) is 68.7 Å². The molecular weight excluding hydrogens is 373 g/mol. The molecule has 7 heteroatoms. The molecule has 1 amide bonds. The minimum absolute atomic E-state index is 0.280. The summed E-state index contributed by atoms with van der Waals surface area (Å²) in [6, 6.07) is 12.6. The van der Waals surface area contributed by atoms with Crippen LogP contribution in [0, 0.1) is 5.82 Å². The molecule has 0 radical (unpaired) electrons. The van der Waals surface area contributed by atoms with Crippen molar-refractivity contribution in [1.82, 2.24) is 9.78 Å². The summed E-state index contributed by atoms with van der Waals surface area (Å²) in [6.45, 7) is 2.02. The Morgan fingerprint density at radius 2 is 1.97 bits per heavy atom. The average molecular weight is 393 g/mol. The van der Waals surface area contributed by atoms with Crippen molar-refractivity contribution in [2.45, 2.75) is 26.2 Å². The Hall–Kier alpha value is -3.48. The highest BCUT2D eigenvalue weighted by Crippen LogP contribution is 2.28. The van der Waals surface area contributed by atoms with Gasteiger partial charge in [0, 0.05) is 16.9 Å². The fourth-order valence-corrected chi connectivity index (χ4v) is 3.54. The molecule has 0 atom stereocenters. The fourth-order valence-electron chi connectivity index (χ4n) is 3.54. The maximum atomic E-state index is 13.3. The van der Waals surface area contributed by atoms with Gasteiger partial charge in [-0.2, -0.15) is 5.10 Å². The van der Waals surface area contributed by atoms with Crippen molar-refractivity contribution >= 4 is 17.6 Å². The number of nitrogens with zero attached hydrogens (tertiary/aromatic N) is 2. The van der Waals surface area contributed by atoms with E-state index in [-0.39, 0.29) is 18.3 Å². The Bertz CT molecular complexity index is 1070. The van der Waals surface area contributed by atoms with Crippen molar-refractivity contribution in [2.75, 3.05) is 11.9 Å². The Labute approximate surface area is 167 Å². The van der Waals surface area contributed by atoms with E-state index in [4.69, 9.17) is 4.74 Å². The molecule has 148 valence electrons. The van der Waals surface area contributed by atoms with E-state index < -0.39 is 5.97 Å². The van der Waals surface area contributed by atoms with E-state index in [0.29, 0.717) is 22.6 Å². The zero-order chi connectivity index (χ0) is 20.4. The van der Waals surface area contributed by atoms with Crippen molar-refractivity contribution in [1.29, 1.82) is 0 Å². The van der Waals surface area contributed by atoms with Gasteiger partial charge in [-0.3, -0.25) is 4.79 Å². The first kappa shape index (κ1) is 18.9. The van der Waals surface area contributed by atoms with E-state index in [2.05, 4.69) is 10.4 Å². The lowest BCUT2D eigenvalue weighted by Crippen LogP contribution is -2.15. The Morgan fingerprint density at radius 1 is 1.17 bits per heavy atom. The van der Waals surface area contributed by atoms with Crippen LogP contribution in [0.1, 0.15) is 45.4 Å². The molecular formula is C22H20FN3O3. The second kappa shape index (κ2) is 7.87. The predicted octanol–water partition coefficient (Wildman–Crippen LogP) is 3.93. The number of rotatable bonds is 5. The van der Waals surface area contributed by atoms with Gasteiger partial charge in [-0.15, -0.1) is 0 Å². The minimum Gasteiger partial charge on any atom is -0.462 e. The summed E-state index contributed by atoms with van der Waals surface area (Å²) in [7, 11) is 0. The first-order valence-electron chi connectivity index (χ1n) is 9.52. The van der Waals surface area contributed by atoms with Crippen LogP contribution in [-0.4, -0.2) is 28.3 Å². The number of amides is 1. The van der Waals surface area contributed by atoms with E-state index in [1.807, 2.05) is 0 Å². The van der Waals surface area contributed by atoms with E-state index in [1.54, 1.807) is 48.0 Å².